The molecule has 1 saturated heterocycles. The standard InChI is InChI=1S/C17H27N3O2S/c1-13(15-18-8-10-23-15)12-19-16(21)20-14-5-9-22-17(11-14)6-3-2-4-7-17/h8,10,13-14H,2-7,9,11-12H2,1H3,(H2,19,20,21)/t13-,14-/m1/s1. The fourth-order valence-electron chi connectivity index (χ4n) is 3.74. The SMILES string of the molecule is C[C@H](CNC(=O)N[C@@H]1CCOC2(CCCCC2)C1)c1nccs1. The Labute approximate surface area is 142 Å². The number of carbonyl (C=O) groups excluding carboxylic acids is 1. The summed E-state index contributed by atoms with van der Waals surface area (Å²) in [4.78, 5) is 16.5. The summed E-state index contributed by atoms with van der Waals surface area (Å²) < 4.78 is 6.09. The Kier molecular flexibility index (Phi) is 5.54. The number of nitrogens with zero attached hydrogens (tertiary/aromatic N) is 1. The van der Waals surface area contributed by atoms with Gasteiger partial charge in [-0.3, -0.25) is 0 Å². The molecule has 1 aliphatic heterocycles. The van der Waals surface area contributed by atoms with Gasteiger partial charge in [-0.25, -0.2) is 9.78 Å². The van der Waals surface area contributed by atoms with Crippen molar-refractivity contribution in [2.24, 2.45) is 0 Å². The number of hydrogen-bond acceptors (Lipinski definition) is 4. The predicted molar refractivity (Wildman–Crippen MR) is 91.9 cm³/mol. The second kappa shape index (κ2) is 7.62. The van der Waals surface area contributed by atoms with Crippen molar-refractivity contribution in [3.8, 4) is 0 Å². The van der Waals surface area contributed by atoms with Gasteiger partial charge in [-0.1, -0.05) is 26.2 Å². The van der Waals surface area contributed by atoms with Crippen LogP contribution in [0.25, 0.3) is 0 Å². The van der Waals surface area contributed by atoms with Crippen LogP contribution in [0.15, 0.2) is 11.6 Å². The molecule has 2 fully saturated rings. The number of ether oxygens (including phenoxy) is 1. The van der Waals surface area contributed by atoms with E-state index in [2.05, 4.69) is 22.5 Å². The summed E-state index contributed by atoms with van der Waals surface area (Å²) >= 11 is 1.63. The number of rotatable bonds is 4. The van der Waals surface area contributed by atoms with Gasteiger partial charge in [0.25, 0.3) is 0 Å². The highest BCUT2D eigenvalue weighted by molar-refractivity contribution is 7.09. The first kappa shape index (κ1) is 16.7. The van der Waals surface area contributed by atoms with Crippen LogP contribution in [0.4, 0.5) is 4.79 Å². The van der Waals surface area contributed by atoms with Gasteiger partial charge < -0.3 is 15.4 Å². The van der Waals surface area contributed by atoms with E-state index < -0.39 is 0 Å². The van der Waals surface area contributed by atoms with Crippen molar-refractivity contribution in [3.63, 3.8) is 0 Å². The number of amides is 2. The highest BCUT2D eigenvalue weighted by atomic mass is 32.1. The van der Waals surface area contributed by atoms with Crippen molar-refractivity contribution in [1.82, 2.24) is 15.6 Å². The molecule has 2 atom stereocenters. The summed E-state index contributed by atoms with van der Waals surface area (Å²) in [5.41, 5.74) is 0.0304. The second-order valence-corrected chi connectivity index (χ2v) is 7.83. The molecule has 3 rings (SSSR count). The van der Waals surface area contributed by atoms with Crippen molar-refractivity contribution >= 4 is 17.4 Å². The predicted octanol–water partition coefficient (Wildman–Crippen LogP) is 3.43. The maximum Gasteiger partial charge on any atom is 0.315 e. The maximum absolute atomic E-state index is 12.2. The van der Waals surface area contributed by atoms with Gasteiger partial charge in [0.15, 0.2) is 0 Å². The molecule has 1 aliphatic carbocycles. The summed E-state index contributed by atoms with van der Waals surface area (Å²) in [7, 11) is 0. The van der Waals surface area contributed by atoms with Crippen molar-refractivity contribution in [2.75, 3.05) is 13.2 Å². The van der Waals surface area contributed by atoms with Gasteiger partial charge in [0.1, 0.15) is 0 Å². The number of urea groups is 1. The molecule has 0 aromatic carbocycles. The lowest BCUT2D eigenvalue weighted by molar-refractivity contribution is -0.107. The Bertz CT molecular complexity index is 494. The number of thiazole rings is 1. The molecule has 6 heteroatoms. The van der Waals surface area contributed by atoms with Crippen LogP contribution in [0.1, 0.15) is 62.8 Å². The number of carbonyl (C=O) groups is 1. The van der Waals surface area contributed by atoms with Crippen LogP contribution in [0, 0.1) is 0 Å². The van der Waals surface area contributed by atoms with Crippen LogP contribution < -0.4 is 10.6 Å². The zero-order chi connectivity index (χ0) is 16.1. The van der Waals surface area contributed by atoms with Gasteiger partial charge in [-0.05, 0) is 25.7 Å². The van der Waals surface area contributed by atoms with Crippen LogP contribution in [0.5, 0.6) is 0 Å². The zero-order valence-electron chi connectivity index (χ0n) is 13.8. The fourth-order valence-corrected chi connectivity index (χ4v) is 4.44. The first-order valence-corrected chi connectivity index (χ1v) is 9.63. The van der Waals surface area contributed by atoms with E-state index in [1.54, 1.807) is 11.3 Å². The van der Waals surface area contributed by atoms with Crippen molar-refractivity contribution in [3.05, 3.63) is 16.6 Å². The molecule has 0 bridgehead atoms. The first-order valence-electron chi connectivity index (χ1n) is 8.75. The molecule has 1 aromatic heterocycles. The average Bonchev–Trinajstić information content (AvgIpc) is 3.08. The van der Waals surface area contributed by atoms with Crippen LogP contribution in [0.3, 0.4) is 0 Å². The van der Waals surface area contributed by atoms with E-state index in [4.69, 9.17) is 4.74 Å². The molecular weight excluding hydrogens is 310 g/mol. The van der Waals surface area contributed by atoms with E-state index in [1.807, 2.05) is 11.6 Å². The lowest BCUT2D eigenvalue weighted by atomic mass is 9.78. The minimum Gasteiger partial charge on any atom is -0.375 e. The molecule has 0 radical (unpaired) electrons. The molecule has 2 aliphatic rings. The minimum absolute atomic E-state index is 0.0304. The van der Waals surface area contributed by atoms with Crippen molar-refractivity contribution in [2.45, 2.75) is 69.4 Å². The second-order valence-electron chi connectivity index (χ2n) is 6.91. The van der Waals surface area contributed by atoms with Crippen LogP contribution in [0.2, 0.25) is 0 Å². The summed E-state index contributed by atoms with van der Waals surface area (Å²) in [5.74, 6) is 0.250. The molecule has 5 nitrogen and oxygen atoms in total. The zero-order valence-corrected chi connectivity index (χ0v) is 14.7. The summed E-state index contributed by atoms with van der Waals surface area (Å²) in [6.45, 7) is 3.47. The Morgan fingerprint density at radius 1 is 1.48 bits per heavy atom. The molecule has 1 spiro atoms. The molecule has 2 heterocycles. The van der Waals surface area contributed by atoms with Crippen molar-refractivity contribution < 1.29 is 9.53 Å². The van der Waals surface area contributed by atoms with E-state index in [9.17, 15) is 4.79 Å². The minimum atomic E-state index is -0.0636. The Hall–Kier alpha value is -1.14. The highest BCUT2D eigenvalue weighted by Gasteiger charge is 2.38. The molecule has 1 aromatic rings. The highest BCUT2D eigenvalue weighted by Crippen LogP contribution is 2.38. The van der Waals surface area contributed by atoms with E-state index >= 15 is 0 Å². The Balaban J connectivity index is 1.44. The van der Waals surface area contributed by atoms with Gasteiger partial charge in [0.05, 0.1) is 10.6 Å². The fraction of sp³-hybridized carbons (Fsp3) is 0.765. The maximum atomic E-state index is 12.2. The lowest BCUT2D eigenvalue weighted by Crippen LogP contribution is -2.51. The number of aromatic nitrogens is 1. The third kappa shape index (κ3) is 4.44. The van der Waals surface area contributed by atoms with E-state index in [1.165, 1.54) is 19.3 Å². The molecule has 0 unspecified atom stereocenters. The monoisotopic (exact) mass is 337 g/mol. The first-order chi connectivity index (χ1) is 11.2. The average molecular weight is 337 g/mol. The van der Waals surface area contributed by atoms with Crippen LogP contribution in [-0.2, 0) is 4.74 Å². The van der Waals surface area contributed by atoms with Gasteiger partial charge in [0.2, 0.25) is 0 Å². The van der Waals surface area contributed by atoms with Crippen molar-refractivity contribution in [1.29, 1.82) is 0 Å². The van der Waals surface area contributed by atoms with E-state index in [-0.39, 0.29) is 23.6 Å². The Morgan fingerprint density at radius 3 is 3.04 bits per heavy atom. The smallest absolute Gasteiger partial charge is 0.315 e. The summed E-state index contributed by atoms with van der Waals surface area (Å²) in [5, 5.41) is 9.17. The number of hydrogen-bond donors (Lipinski definition) is 2. The van der Waals surface area contributed by atoms with Crippen LogP contribution >= 0.6 is 11.3 Å². The normalized spacial score (nSPS) is 25.0. The molecule has 128 valence electrons. The topological polar surface area (TPSA) is 63.2 Å². The number of nitrogens with one attached hydrogen (secondary N) is 2. The molecule has 2 amide bonds. The molecule has 2 N–H and O–H groups in total. The van der Waals surface area contributed by atoms with E-state index in [0.717, 1.165) is 37.3 Å². The summed E-state index contributed by atoms with van der Waals surface area (Å²) in [6.07, 6.45) is 9.80. The molecule has 1 saturated carbocycles. The van der Waals surface area contributed by atoms with Gasteiger partial charge in [-0.15, -0.1) is 11.3 Å². The van der Waals surface area contributed by atoms with Gasteiger partial charge >= 0.3 is 6.03 Å². The third-order valence-corrected chi connectivity index (χ3v) is 6.04. The van der Waals surface area contributed by atoms with Crippen LogP contribution in [-0.4, -0.2) is 35.8 Å². The van der Waals surface area contributed by atoms with Gasteiger partial charge in [-0.2, -0.15) is 0 Å². The van der Waals surface area contributed by atoms with Gasteiger partial charge in [0, 0.05) is 36.7 Å². The molecule has 23 heavy (non-hydrogen) atoms. The lowest BCUT2D eigenvalue weighted by Gasteiger charge is -2.43. The largest absolute Gasteiger partial charge is 0.375 e. The quantitative estimate of drug-likeness (QED) is 0.885. The Morgan fingerprint density at radius 2 is 2.30 bits per heavy atom. The van der Waals surface area contributed by atoms with E-state index in [0.29, 0.717) is 6.54 Å². The third-order valence-electron chi connectivity index (χ3n) is 5.03. The summed E-state index contributed by atoms with van der Waals surface area (Å²) in [6, 6.07) is 0.170. The molecular formula is C17H27N3O2S.